The van der Waals surface area contributed by atoms with Gasteiger partial charge in [-0.2, -0.15) is 8.42 Å². The molecule has 0 N–H and O–H groups in total. The molecule has 0 saturated heterocycles. The molecule has 3 aromatic rings. The molecule has 0 aliphatic carbocycles. The molecule has 0 amide bonds. The van der Waals surface area contributed by atoms with Crippen LogP contribution in [0.3, 0.4) is 0 Å². The molecule has 0 unspecified atom stereocenters. The van der Waals surface area contributed by atoms with Crippen molar-refractivity contribution < 1.29 is 17.3 Å². The fourth-order valence-corrected chi connectivity index (χ4v) is 3.73. The van der Waals surface area contributed by atoms with Crippen molar-refractivity contribution in [1.82, 2.24) is 0 Å². The molecule has 0 saturated carbocycles. The second-order valence-corrected chi connectivity index (χ2v) is 8.53. The minimum atomic E-state index is -4.01. The minimum absolute atomic E-state index is 0.0119. The summed E-state index contributed by atoms with van der Waals surface area (Å²) in [7, 11) is -2.42. The van der Waals surface area contributed by atoms with Gasteiger partial charge in [0.25, 0.3) is 0 Å². The first-order valence-corrected chi connectivity index (χ1v) is 10.6. The highest BCUT2D eigenvalue weighted by Crippen LogP contribution is 2.27. The molecule has 0 spiro atoms. The van der Waals surface area contributed by atoms with Crippen molar-refractivity contribution in [2.45, 2.75) is 4.90 Å². The van der Waals surface area contributed by atoms with Gasteiger partial charge in [0.2, 0.25) is 0 Å². The zero-order chi connectivity index (χ0) is 20.1. The lowest BCUT2D eigenvalue weighted by atomic mass is 10.2. The van der Waals surface area contributed by atoms with Crippen LogP contribution in [0, 0.1) is 0 Å². The van der Waals surface area contributed by atoms with Crippen LogP contribution in [0.2, 0.25) is 5.02 Å². The molecule has 0 fully saturated rings. The van der Waals surface area contributed by atoms with E-state index in [1.165, 1.54) is 24.3 Å². The maximum Gasteiger partial charge on any atom is 0.339 e. The number of aliphatic imine (C=N–C) groups is 1. The van der Waals surface area contributed by atoms with Crippen molar-refractivity contribution in [2.75, 3.05) is 7.11 Å². The first-order chi connectivity index (χ1) is 13.4. The second kappa shape index (κ2) is 8.77. The molecule has 0 aromatic heterocycles. The van der Waals surface area contributed by atoms with Crippen LogP contribution in [-0.4, -0.2) is 21.7 Å². The Balaban J connectivity index is 1.89. The van der Waals surface area contributed by atoms with Crippen LogP contribution in [0.5, 0.6) is 11.5 Å². The van der Waals surface area contributed by atoms with Crippen molar-refractivity contribution in [3.63, 3.8) is 0 Å². The summed E-state index contributed by atoms with van der Waals surface area (Å²) in [4.78, 5) is 4.39. The van der Waals surface area contributed by atoms with E-state index in [1.807, 2.05) is 0 Å². The van der Waals surface area contributed by atoms with E-state index < -0.39 is 10.1 Å². The monoisotopic (exact) mass is 479 g/mol. The minimum Gasteiger partial charge on any atom is -0.497 e. The Hall–Kier alpha value is -2.35. The maximum absolute atomic E-state index is 12.6. The molecule has 0 atom stereocenters. The molecular formula is C20H15BrClNO4S. The van der Waals surface area contributed by atoms with Gasteiger partial charge in [-0.25, -0.2) is 0 Å². The first-order valence-electron chi connectivity index (χ1n) is 8.05. The fourth-order valence-electron chi connectivity index (χ4n) is 2.28. The molecule has 0 aliphatic heterocycles. The van der Waals surface area contributed by atoms with Gasteiger partial charge >= 0.3 is 10.1 Å². The SMILES string of the molecule is COc1ccc(N=Cc2cc(Br)ccc2OS(=O)(=O)c2ccc(Cl)cc2)cc1. The third-order valence-corrected chi connectivity index (χ3v) is 5.69. The van der Waals surface area contributed by atoms with E-state index in [1.54, 1.807) is 55.8 Å². The quantitative estimate of drug-likeness (QED) is 0.339. The van der Waals surface area contributed by atoms with Gasteiger partial charge in [0.1, 0.15) is 10.6 Å². The molecule has 5 nitrogen and oxygen atoms in total. The van der Waals surface area contributed by atoms with Gasteiger partial charge in [-0.05, 0) is 66.7 Å². The van der Waals surface area contributed by atoms with Crippen LogP contribution >= 0.6 is 27.5 Å². The Morgan fingerprint density at radius 1 is 1.00 bits per heavy atom. The molecule has 3 rings (SSSR count). The van der Waals surface area contributed by atoms with Crippen LogP contribution in [0.4, 0.5) is 5.69 Å². The smallest absolute Gasteiger partial charge is 0.339 e. The second-order valence-electron chi connectivity index (χ2n) is 5.63. The topological polar surface area (TPSA) is 65.0 Å². The zero-order valence-corrected chi connectivity index (χ0v) is 17.8. The number of hydrogen-bond acceptors (Lipinski definition) is 5. The number of methoxy groups -OCH3 is 1. The Morgan fingerprint density at radius 2 is 1.68 bits per heavy atom. The van der Waals surface area contributed by atoms with Crippen molar-refractivity contribution in [3.05, 3.63) is 81.8 Å². The summed E-state index contributed by atoms with van der Waals surface area (Å²) in [5.74, 6) is 0.884. The molecule has 0 aliphatic rings. The number of halogens is 2. The summed E-state index contributed by atoms with van der Waals surface area (Å²) in [5.41, 5.74) is 1.19. The Bertz CT molecular complexity index is 1100. The average Bonchev–Trinajstić information content (AvgIpc) is 2.68. The van der Waals surface area contributed by atoms with Crippen LogP contribution < -0.4 is 8.92 Å². The standard InChI is InChI=1S/C20H15BrClNO4S/c1-26-18-7-5-17(6-8-18)23-13-14-12-15(21)2-11-20(14)27-28(24,25)19-9-3-16(22)4-10-19/h2-13H,1H3. The summed E-state index contributed by atoms with van der Waals surface area (Å²) in [5, 5.41) is 0.440. The summed E-state index contributed by atoms with van der Waals surface area (Å²) in [6.45, 7) is 0. The van der Waals surface area contributed by atoms with Crippen LogP contribution in [0.1, 0.15) is 5.56 Å². The fraction of sp³-hybridized carbons (Fsp3) is 0.0500. The average molecular weight is 481 g/mol. The van der Waals surface area contributed by atoms with E-state index in [0.717, 1.165) is 10.2 Å². The van der Waals surface area contributed by atoms with Gasteiger partial charge in [-0.1, -0.05) is 27.5 Å². The highest BCUT2D eigenvalue weighted by molar-refractivity contribution is 9.10. The van der Waals surface area contributed by atoms with Gasteiger partial charge in [-0.3, -0.25) is 4.99 Å². The lowest BCUT2D eigenvalue weighted by Crippen LogP contribution is -2.10. The van der Waals surface area contributed by atoms with Crippen molar-refractivity contribution >= 4 is 49.6 Å². The zero-order valence-electron chi connectivity index (χ0n) is 14.7. The van der Waals surface area contributed by atoms with E-state index in [0.29, 0.717) is 16.3 Å². The molecule has 0 radical (unpaired) electrons. The molecule has 8 heteroatoms. The number of benzene rings is 3. The third kappa shape index (κ3) is 5.13. The van der Waals surface area contributed by atoms with E-state index in [9.17, 15) is 8.42 Å². The number of nitrogens with zero attached hydrogens (tertiary/aromatic N) is 1. The predicted molar refractivity (Wildman–Crippen MR) is 114 cm³/mol. The molecular weight excluding hydrogens is 466 g/mol. The highest BCUT2D eigenvalue weighted by atomic mass is 79.9. The number of ether oxygens (including phenoxy) is 1. The summed E-state index contributed by atoms with van der Waals surface area (Å²) in [6.07, 6.45) is 1.54. The predicted octanol–water partition coefficient (Wildman–Crippen LogP) is 5.63. The largest absolute Gasteiger partial charge is 0.497 e. The van der Waals surface area contributed by atoms with Crippen LogP contribution in [0.15, 0.2) is 81.1 Å². The molecule has 28 heavy (non-hydrogen) atoms. The molecule has 144 valence electrons. The Labute approximate surface area is 176 Å². The summed E-state index contributed by atoms with van der Waals surface area (Å²) < 4.78 is 36.3. The van der Waals surface area contributed by atoms with Crippen LogP contribution in [0.25, 0.3) is 0 Å². The van der Waals surface area contributed by atoms with Crippen molar-refractivity contribution in [1.29, 1.82) is 0 Å². The Morgan fingerprint density at radius 3 is 2.32 bits per heavy atom. The van der Waals surface area contributed by atoms with E-state index in [-0.39, 0.29) is 10.6 Å². The third-order valence-electron chi connectivity index (χ3n) is 3.70. The van der Waals surface area contributed by atoms with E-state index >= 15 is 0 Å². The van der Waals surface area contributed by atoms with Crippen LogP contribution in [-0.2, 0) is 10.1 Å². The number of rotatable bonds is 6. The number of hydrogen-bond donors (Lipinski definition) is 0. The van der Waals surface area contributed by atoms with Crippen molar-refractivity contribution in [2.24, 2.45) is 4.99 Å². The molecule has 3 aromatic carbocycles. The van der Waals surface area contributed by atoms with Gasteiger partial charge in [0.05, 0.1) is 12.8 Å². The first kappa shape index (κ1) is 20.4. The van der Waals surface area contributed by atoms with Gasteiger partial charge < -0.3 is 8.92 Å². The lowest BCUT2D eigenvalue weighted by Gasteiger charge is -2.10. The van der Waals surface area contributed by atoms with Crippen molar-refractivity contribution in [3.8, 4) is 11.5 Å². The summed E-state index contributed by atoms with van der Waals surface area (Å²) in [6, 6.07) is 17.9. The normalized spacial score (nSPS) is 11.5. The van der Waals surface area contributed by atoms with E-state index in [2.05, 4.69) is 20.9 Å². The Kier molecular flexibility index (Phi) is 6.39. The van der Waals surface area contributed by atoms with Gasteiger partial charge in [0, 0.05) is 21.3 Å². The lowest BCUT2D eigenvalue weighted by molar-refractivity contribution is 0.415. The highest BCUT2D eigenvalue weighted by Gasteiger charge is 2.18. The van der Waals surface area contributed by atoms with Gasteiger partial charge in [-0.15, -0.1) is 0 Å². The van der Waals surface area contributed by atoms with Gasteiger partial charge in [0.15, 0.2) is 5.75 Å². The van der Waals surface area contributed by atoms with E-state index in [4.69, 9.17) is 20.5 Å². The summed E-state index contributed by atoms with van der Waals surface area (Å²) >= 11 is 9.19. The molecule has 0 bridgehead atoms. The molecule has 0 heterocycles. The maximum atomic E-state index is 12.6.